The lowest BCUT2D eigenvalue weighted by atomic mass is 9.80. The van der Waals surface area contributed by atoms with Gasteiger partial charge in [0.05, 0.1) is 29.0 Å². The Kier molecular flexibility index (Phi) is 7.48. The number of carbonyl (C=O) groups excluding carboxylic acids is 1. The summed E-state index contributed by atoms with van der Waals surface area (Å²) in [4.78, 5) is 21.7. The van der Waals surface area contributed by atoms with Crippen LogP contribution in [0.1, 0.15) is 41.1 Å². The summed E-state index contributed by atoms with van der Waals surface area (Å²) in [5.74, 6) is 1.36. The van der Waals surface area contributed by atoms with Gasteiger partial charge in [0.15, 0.2) is 0 Å². The molecule has 4 aromatic rings. The first-order valence-corrected chi connectivity index (χ1v) is 15.6. The number of hydrogen-bond donors (Lipinski definition) is 1. The maximum atomic E-state index is 13.3. The maximum Gasteiger partial charge on any atom is 0.264 e. The lowest BCUT2D eigenvalue weighted by Gasteiger charge is -2.37. The van der Waals surface area contributed by atoms with Gasteiger partial charge in [0.25, 0.3) is 15.9 Å². The van der Waals surface area contributed by atoms with Gasteiger partial charge in [0.1, 0.15) is 10.6 Å². The van der Waals surface area contributed by atoms with Crippen LogP contribution in [0, 0.1) is 0 Å². The lowest BCUT2D eigenvalue weighted by molar-refractivity contribution is 0.0746. The molecular weight excluding hydrogens is 560 g/mol. The highest BCUT2D eigenvalue weighted by Gasteiger charge is 2.27. The van der Waals surface area contributed by atoms with E-state index in [9.17, 15) is 13.2 Å². The van der Waals surface area contributed by atoms with Gasteiger partial charge >= 0.3 is 0 Å². The molecule has 1 aliphatic heterocycles. The number of nitrogens with zero attached hydrogens (tertiary/aromatic N) is 3. The first-order valence-electron chi connectivity index (χ1n) is 13.7. The van der Waals surface area contributed by atoms with Crippen LogP contribution in [0.15, 0.2) is 77.8 Å². The Morgan fingerprint density at radius 3 is 2.49 bits per heavy atom. The summed E-state index contributed by atoms with van der Waals surface area (Å²) in [5, 5.41) is 0.856. The van der Waals surface area contributed by atoms with Gasteiger partial charge in [-0.05, 0) is 66.8 Å². The van der Waals surface area contributed by atoms with Gasteiger partial charge in [-0.2, -0.15) is 0 Å². The zero-order valence-corrected chi connectivity index (χ0v) is 24.3. The monoisotopic (exact) mass is 590 g/mol. The predicted molar refractivity (Wildman–Crippen MR) is 162 cm³/mol. The molecule has 1 amide bonds. The molecule has 1 aliphatic carbocycles. The van der Waals surface area contributed by atoms with Crippen molar-refractivity contribution in [1.82, 2.24) is 9.88 Å². The van der Waals surface area contributed by atoms with Crippen LogP contribution in [-0.2, 0) is 10.0 Å². The molecule has 2 heterocycles. The summed E-state index contributed by atoms with van der Waals surface area (Å²) < 4.78 is 34.7. The molecule has 6 rings (SSSR count). The van der Waals surface area contributed by atoms with Gasteiger partial charge in [-0.1, -0.05) is 42.3 Å². The molecular formula is C31H31ClN4O4S. The second kappa shape index (κ2) is 11.2. The third kappa shape index (κ3) is 5.44. The summed E-state index contributed by atoms with van der Waals surface area (Å²) in [6, 6.07) is 19.7. The van der Waals surface area contributed by atoms with E-state index in [1.165, 1.54) is 43.0 Å². The van der Waals surface area contributed by atoms with Crippen LogP contribution in [0.3, 0.4) is 0 Å². The number of methoxy groups -OCH3 is 1. The number of anilines is 2. The first-order chi connectivity index (χ1) is 19.8. The fourth-order valence-electron chi connectivity index (χ4n) is 5.51. The third-order valence-corrected chi connectivity index (χ3v) is 9.74. The van der Waals surface area contributed by atoms with Crippen LogP contribution >= 0.6 is 11.6 Å². The van der Waals surface area contributed by atoms with Gasteiger partial charge in [0.2, 0.25) is 0 Å². The highest BCUT2D eigenvalue weighted by atomic mass is 35.5. The summed E-state index contributed by atoms with van der Waals surface area (Å²) in [7, 11) is -2.26. The second-order valence-electron chi connectivity index (χ2n) is 10.5. The Bertz CT molecular complexity index is 1710. The van der Waals surface area contributed by atoms with E-state index in [2.05, 4.69) is 32.8 Å². The summed E-state index contributed by atoms with van der Waals surface area (Å²) >= 11 is 6.47. The van der Waals surface area contributed by atoms with Crippen LogP contribution in [0.2, 0.25) is 5.02 Å². The van der Waals surface area contributed by atoms with Crippen molar-refractivity contribution >= 4 is 49.8 Å². The van der Waals surface area contributed by atoms with E-state index < -0.39 is 10.0 Å². The van der Waals surface area contributed by atoms with Gasteiger partial charge < -0.3 is 14.5 Å². The minimum Gasteiger partial charge on any atom is -0.495 e. The predicted octanol–water partition coefficient (Wildman–Crippen LogP) is 5.93. The number of rotatable bonds is 7. The molecule has 0 radical (unpaired) electrons. The molecule has 1 N–H and O–H groups in total. The van der Waals surface area contributed by atoms with E-state index in [0.29, 0.717) is 48.6 Å². The van der Waals surface area contributed by atoms with Gasteiger partial charge in [0, 0.05) is 43.3 Å². The zero-order valence-electron chi connectivity index (χ0n) is 22.7. The molecule has 1 saturated heterocycles. The average Bonchev–Trinajstić information content (AvgIpc) is 2.96. The standard InChI is InChI=1S/C31H31ClN4O4S/c1-40-28-20-23(21-5-2-6-21)11-13-27(28)35-15-17-36(18-16-35)31(37)24-10-12-26(25(32)19-24)34-41(38,39)29-9-3-7-22-8-4-14-33-30(22)29/h3-4,7-14,19-21,34H,2,5-6,15-18H2,1H3. The Morgan fingerprint density at radius 1 is 1.00 bits per heavy atom. The SMILES string of the molecule is COc1cc(C2CCC2)ccc1N1CCN(C(=O)c2ccc(NS(=O)(=O)c3cccc4cccnc34)c(Cl)c2)CC1. The lowest BCUT2D eigenvalue weighted by Crippen LogP contribution is -2.48. The van der Waals surface area contributed by atoms with Gasteiger partial charge in [-0.3, -0.25) is 14.5 Å². The van der Waals surface area contributed by atoms with E-state index in [4.69, 9.17) is 16.3 Å². The Balaban J connectivity index is 1.13. The van der Waals surface area contributed by atoms with Gasteiger partial charge in [-0.15, -0.1) is 0 Å². The number of fused-ring (bicyclic) bond motifs is 1. The Labute approximate surface area is 244 Å². The summed E-state index contributed by atoms with van der Waals surface area (Å²) in [6.45, 7) is 2.45. The van der Waals surface area contributed by atoms with Crippen LogP contribution < -0.4 is 14.4 Å². The number of ether oxygens (including phenoxy) is 1. The number of sulfonamides is 1. The van der Waals surface area contributed by atoms with Crippen molar-refractivity contribution in [1.29, 1.82) is 0 Å². The molecule has 0 unspecified atom stereocenters. The number of carbonyl (C=O) groups is 1. The van der Waals surface area contributed by atoms with Crippen molar-refractivity contribution in [2.24, 2.45) is 0 Å². The number of pyridine rings is 1. The largest absolute Gasteiger partial charge is 0.495 e. The highest BCUT2D eigenvalue weighted by molar-refractivity contribution is 7.93. The first kappa shape index (κ1) is 27.4. The fourth-order valence-corrected chi connectivity index (χ4v) is 7.05. The van der Waals surface area contributed by atoms with E-state index in [0.717, 1.165) is 11.4 Å². The summed E-state index contributed by atoms with van der Waals surface area (Å²) in [5.41, 5.74) is 3.35. The molecule has 10 heteroatoms. The Morgan fingerprint density at radius 2 is 1.78 bits per heavy atom. The van der Waals surface area contributed by atoms with Crippen LogP contribution in [0.5, 0.6) is 5.75 Å². The fraction of sp³-hybridized carbons (Fsp3) is 0.290. The van der Waals surface area contributed by atoms with Crippen LogP contribution in [-0.4, -0.2) is 57.5 Å². The highest BCUT2D eigenvalue weighted by Crippen LogP contribution is 2.40. The molecule has 1 aromatic heterocycles. The quantitative estimate of drug-likeness (QED) is 0.287. The smallest absolute Gasteiger partial charge is 0.264 e. The molecule has 2 fully saturated rings. The molecule has 41 heavy (non-hydrogen) atoms. The van der Waals surface area contributed by atoms with Crippen molar-refractivity contribution in [2.75, 3.05) is 42.9 Å². The zero-order chi connectivity index (χ0) is 28.6. The average molecular weight is 591 g/mol. The van der Waals surface area contributed by atoms with Crippen molar-refractivity contribution in [3.8, 4) is 5.75 Å². The molecule has 0 atom stereocenters. The second-order valence-corrected chi connectivity index (χ2v) is 12.5. The third-order valence-electron chi connectivity index (χ3n) is 8.03. The number of amides is 1. The van der Waals surface area contributed by atoms with Crippen LogP contribution in [0.4, 0.5) is 11.4 Å². The number of aromatic nitrogens is 1. The van der Waals surface area contributed by atoms with E-state index in [1.807, 2.05) is 0 Å². The van der Waals surface area contributed by atoms with Crippen molar-refractivity contribution in [3.05, 3.63) is 89.1 Å². The van der Waals surface area contributed by atoms with E-state index in [-0.39, 0.29) is 21.5 Å². The molecule has 8 nitrogen and oxygen atoms in total. The number of benzene rings is 3. The maximum absolute atomic E-state index is 13.3. The number of hydrogen-bond acceptors (Lipinski definition) is 6. The van der Waals surface area contributed by atoms with Crippen molar-refractivity contribution < 1.29 is 17.9 Å². The number of halogens is 1. The van der Waals surface area contributed by atoms with E-state index >= 15 is 0 Å². The molecule has 0 spiro atoms. The molecule has 2 aliphatic rings. The number of piperazine rings is 1. The topological polar surface area (TPSA) is 91.8 Å². The number of para-hydroxylation sites is 1. The minimum absolute atomic E-state index is 0.0546. The van der Waals surface area contributed by atoms with Gasteiger partial charge in [-0.25, -0.2) is 8.42 Å². The summed E-state index contributed by atoms with van der Waals surface area (Å²) in [6.07, 6.45) is 5.32. The van der Waals surface area contributed by atoms with Crippen molar-refractivity contribution in [3.63, 3.8) is 0 Å². The van der Waals surface area contributed by atoms with Crippen molar-refractivity contribution in [2.45, 2.75) is 30.1 Å². The molecule has 3 aromatic carbocycles. The minimum atomic E-state index is -3.97. The van der Waals surface area contributed by atoms with E-state index in [1.54, 1.807) is 48.5 Å². The molecule has 0 bridgehead atoms. The normalized spacial score (nSPS) is 16.0. The molecule has 1 saturated carbocycles. The Hall–Kier alpha value is -3.82. The number of nitrogens with one attached hydrogen (secondary N) is 1. The molecule has 212 valence electrons. The van der Waals surface area contributed by atoms with Crippen LogP contribution in [0.25, 0.3) is 10.9 Å².